The number of furan rings is 3. The molecule has 3 aromatic rings. The van der Waals surface area contributed by atoms with Gasteiger partial charge < -0.3 is 47.1 Å². The predicted molar refractivity (Wildman–Crippen MR) is 160 cm³/mol. The minimum atomic E-state index is -1.32. The van der Waals surface area contributed by atoms with E-state index in [9.17, 15) is 24.0 Å². The number of carboxylic acids is 2. The summed E-state index contributed by atoms with van der Waals surface area (Å²) >= 11 is 0. The zero-order valence-electron chi connectivity index (χ0n) is 26.8. The molecule has 256 valence electrons. The number of carbonyl (C=O) groups excluding carboxylic acids is 3. The molecule has 0 bridgehead atoms. The second-order valence-corrected chi connectivity index (χ2v) is 7.69. The van der Waals surface area contributed by atoms with Crippen LogP contribution in [-0.2, 0) is 30.3 Å². The average Bonchev–Trinajstić information content (AvgIpc) is 3.86. The molecule has 0 spiro atoms. The predicted octanol–water partition coefficient (Wildman–Crippen LogP) is 6.08. The Bertz CT molecular complexity index is 1310. The first kappa shape index (κ1) is 41.1. The van der Waals surface area contributed by atoms with Crippen molar-refractivity contribution in [3.63, 3.8) is 0 Å². The fourth-order valence-electron chi connectivity index (χ4n) is 2.88. The van der Waals surface area contributed by atoms with Gasteiger partial charge in [0.25, 0.3) is 0 Å². The van der Waals surface area contributed by atoms with Crippen LogP contribution < -0.4 is 0 Å². The van der Waals surface area contributed by atoms with Gasteiger partial charge in [-0.2, -0.15) is 0 Å². The van der Waals surface area contributed by atoms with Crippen LogP contribution in [0.2, 0.25) is 0 Å². The molecule has 0 aromatic carbocycles. The highest BCUT2D eigenvalue weighted by molar-refractivity contribution is 5.91. The molecular weight excluding hydrogens is 612 g/mol. The topological polar surface area (TPSA) is 211 Å². The van der Waals surface area contributed by atoms with Gasteiger partial charge in [-0.05, 0) is 36.4 Å². The standard InChI is InChI=1S/C25H24O15.3C2H6/c26-21(27)16-4-3-15(38-16)13-34-14-33-9-1-10-35-24(31)19-7-8-20(40-19)25(32)37-12-2-11-36-23(30)18-6-5-17(39-18)22(28)29;3*1-2/h3-8H,1-2,9-14H2,(H,26,27)(H,28,29);3*1-2H3. The van der Waals surface area contributed by atoms with Crippen LogP contribution in [0.15, 0.2) is 49.6 Å². The Morgan fingerprint density at radius 1 is 0.522 bits per heavy atom. The number of hydrogen-bond acceptors (Lipinski definition) is 13. The van der Waals surface area contributed by atoms with Crippen LogP contribution in [0.3, 0.4) is 0 Å². The lowest BCUT2D eigenvalue weighted by Gasteiger charge is -2.05. The minimum Gasteiger partial charge on any atom is -0.475 e. The lowest BCUT2D eigenvalue weighted by atomic mass is 10.4. The van der Waals surface area contributed by atoms with E-state index in [0.29, 0.717) is 12.2 Å². The van der Waals surface area contributed by atoms with Crippen molar-refractivity contribution in [2.45, 2.75) is 61.0 Å². The Morgan fingerprint density at radius 3 is 1.30 bits per heavy atom. The van der Waals surface area contributed by atoms with Gasteiger partial charge in [0.05, 0.1) is 26.4 Å². The van der Waals surface area contributed by atoms with Crippen molar-refractivity contribution in [2.24, 2.45) is 0 Å². The summed E-state index contributed by atoms with van der Waals surface area (Å²) in [4.78, 5) is 57.4. The highest BCUT2D eigenvalue weighted by atomic mass is 16.7. The van der Waals surface area contributed by atoms with Crippen LogP contribution in [0.4, 0.5) is 0 Å². The van der Waals surface area contributed by atoms with E-state index in [1.54, 1.807) is 0 Å². The van der Waals surface area contributed by atoms with Crippen molar-refractivity contribution in [2.75, 3.05) is 33.2 Å². The molecule has 0 fully saturated rings. The number of rotatable bonds is 17. The van der Waals surface area contributed by atoms with Gasteiger partial charge >= 0.3 is 29.8 Å². The van der Waals surface area contributed by atoms with Crippen LogP contribution in [0.25, 0.3) is 0 Å². The van der Waals surface area contributed by atoms with Gasteiger partial charge in [0.2, 0.25) is 28.8 Å². The maximum Gasteiger partial charge on any atom is 0.374 e. The summed E-state index contributed by atoms with van der Waals surface area (Å²) in [5.74, 6) is -5.96. The van der Waals surface area contributed by atoms with Crippen molar-refractivity contribution >= 4 is 29.8 Å². The molecule has 0 saturated carbocycles. The molecule has 46 heavy (non-hydrogen) atoms. The van der Waals surface area contributed by atoms with E-state index in [1.165, 1.54) is 30.3 Å². The van der Waals surface area contributed by atoms with E-state index < -0.39 is 35.6 Å². The van der Waals surface area contributed by atoms with E-state index in [-0.39, 0.29) is 69.3 Å². The van der Waals surface area contributed by atoms with Gasteiger partial charge in [0.15, 0.2) is 0 Å². The summed E-state index contributed by atoms with van der Waals surface area (Å²) in [6.45, 7) is 11.9. The molecule has 3 aromatic heterocycles. The molecular formula is C31H42O15. The first-order valence-electron chi connectivity index (χ1n) is 14.7. The molecule has 0 aliphatic heterocycles. The fourth-order valence-corrected chi connectivity index (χ4v) is 2.88. The largest absolute Gasteiger partial charge is 0.475 e. The monoisotopic (exact) mass is 654 g/mol. The number of aromatic carboxylic acids is 2. The Morgan fingerprint density at radius 2 is 0.891 bits per heavy atom. The highest BCUT2D eigenvalue weighted by Gasteiger charge is 2.19. The molecule has 15 nitrogen and oxygen atoms in total. The first-order chi connectivity index (χ1) is 22.2. The van der Waals surface area contributed by atoms with Crippen LogP contribution in [0.1, 0.15) is 113 Å². The van der Waals surface area contributed by atoms with Gasteiger partial charge in [-0.15, -0.1) is 0 Å². The lowest BCUT2D eigenvalue weighted by Crippen LogP contribution is -2.11. The zero-order valence-corrected chi connectivity index (χ0v) is 26.8. The molecule has 0 saturated heterocycles. The molecule has 0 atom stereocenters. The summed E-state index contributed by atoms with van der Waals surface area (Å²) < 4.78 is 40.4. The Hall–Kier alpha value is -4.89. The summed E-state index contributed by atoms with van der Waals surface area (Å²) in [5, 5.41) is 17.6. The second-order valence-electron chi connectivity index (χ2n) is 7.69. The quantitative estimate of drug-likeness (QED) is 0.0730. The first-order valence-corrected chi connectivity index (χ1v) is 14.7. The van der Waals surface area contributed by atoms with E-state index in [0.717, 1.165) is 6.07 Å². The summed E-state index contributed by atoms with van der Waals surface area (Å²) in [6, 6.07) is 7.58. The van der Waals surface area contributed by atoms with Crippen LogP contribution in [0, 0.1) is 0 Å². The Labute approximate surface area is 266 Å². The number of ether oxygens (including phenoxy) is 5. The molecule has 3 rings (SSSR count). The molecule has 0 unspecified atom stereocenters. The van der Waals surface area contributed by atoms with Crippen molar-refractivity contribution in [3.05, 3.63) is 71.0 Å². The number of hydrogen-bond donors (Lipinski definition) is 2. The maximum atomic E-state index is 12.1. The van der Waals surface area contributed by atoms with Gasteiger partial charge in [-0.1, -0.05) is 41.5 Å². The third-order valence-corrected chi connectivity index (χ3v) is 4.73. The van der Waals surface area contributed by atoms with Crippen LogP contribution in [0.5, 0.6) is 0 Å². The smallest absolute Gasteiger partial charge is 0.374 e. The van der Waals surface area contributed by atoms with Crippen molar-refractivity contribution in [1.29, 1.82) is 0 Å². The zero-order chi connectivity index (χ0) is 34.9. The van der Waals surface area contributed by atoms with Crippen LogP contribution >= 0.6 is 0 Å². The lowest BCUT2D eigenvalue weighted by molar-refractivity contribution is -0.0685. The molecule has 3 heterocycles. The van der Waals surface area contributed by atoms with Crippen LogP contribution in [-0.4, -0.2) is 73.3 Å². The third-order valence-electron chi connectivity index (χ3n) is 4.73. The normalized spacial score (nSPS) is 9.70. The molecule has 0 aliphatic rings. The number of carbonyl (C=O) groups is 5. The SMILES string of the molecule is CC.CC.CC.O=C(O)c1ccc(COCOCCCOC(=O)c2ccc(C(=O)OCCCOC(=O)c3ccc(C(=O)O)o3)o2)o1. The molecule has 0 aliphatic carbocycles. The van der Waals surface area contributed by atoms with E-state index in [1.807, 2.05) is 41.5 Å². The average molecular weight is 655 g/mol. The Balaban J connectivity index is 0.00000318. The van der Waals surface area contributed by atoms with E-state index in [2.05, 4.69) is 0 Å². The molecule has 15 heteroatoms. The van der Waals surface area contributed by atoms with E-state index in [4.69, 9.17) is 47.1 Å². The Kier molecular flexibility index (Phi) is 21.8. The molecule has 2 N–H and O–H groups in total. The fraction of sp³-hybridized carbons (Fsp3) is 0.452. The van der Waals surface area contributed by atoms with Gasteiger partial charge in [-0.3, -0.25) is 0 Å². The number of carboxylic acid groups (broad SMARTS) is 2. The van der Waals surface area contributed by atoms with Gasteiger partial charge in [-0.25, -0.2) is 24.0 Å². The second kappa shape index (κ2) is 24.4. The van der Waals surface area contributed by atoms with Gasteiger partial charge in [0.1, 0.15) is 19.2 Å². The minimum absolute atomic E-state index is 0.00775. The van der Waals surface area contributed by atoms with Crippen molar-refractivity contribution < 1.29 is 71.1 Å². The van der Waals surface area contributed by atoms with Crippen molar-refractivity contribution in [1.82, 2.24) is 0 Å². The molecule has 0 amide bonds. The van der Waals surface area contributed by atoms with Gasteiger partial charge in [0, 0.05) is 12.8 Å². The summed E-state index contributed by atoms with van der Waals surface area (Å²) in [7, 11) is 0. The summed E-state index contributed by atoms with van der Waals surface area (Å²) in [6.07, 6.45) is 0.487. The highest BCUT2D eigenvalue weighted by Crippen LogP contribution is 2.12. The van der Waals surface area contributed by atoms with Crippen molar-refractivity contribution in [3.8, 4) is 0 Å². The summed E-state index contributed by atoms with van der Waals surface area (Å²) in [5.41, 5.74) is 0. The van der Waals surface area contributed by atoms with E-state index >= 15 is 0 Å². The molecule has 0 radical (unpaired) electrons. The third kappa shape index (κ3) is 15.2. The number of esters is 3. The maximum absolute atomic E-state index is 12.1.